The lowest BCUT2D eigenvalue weighted by atomic mass is 10.9. The van der Waals surface area contributed by atoms with Gasteiger partial charge in [0.15, 0.2) is 0 Å². The van der Waals surface area contributed by atoms with E-state index in [0.717, 1.165) is 41.3 Å². The Morgan fingerprint density at radius 1 is 0.625 bits per heavy atom. The minimum absolute atomic E-state index is 0.806. The molecule has 16 heavy (non-hydrogen) atoms. The summed E-state index contributed by atoms with van der Waals surface area (Å²) in [6.45, 7) is 13.5. The van der Waals surface area contributed by atoms with Crippen molar-refractivity contribution in [2.45, 2.75) is 77.8 Å². The van der Waals surface area contributed by atoms with Crippen molar-refractivity contribution in [1.82, 2.24) is 0 Å². The van der Waals surface area contributed by atoms with Gasteiger partial charge in [0, 0.05) is 0 Å². The molecule has 0 saturated heterocycles. The summed E-state index contributed by atoms with van der Waals surface area (Å²) in [6.07, 6.45) is 0. The molecule has 0 aliphatic heterocycles. The van der Waals surface area contributed by atoms with Crippen LogP contribution in [0.15, 0.2) is 0 Å². The van der Waals surface area contributed by atoms with Gasteiger partial charge in [-0.25, -0.2) is 0 Å². The number of hydrogen-bond donors (Lipinski definition) is 0. The first-order valence-corrected chi connectivity index (χ1v) is 12.3. The number of carbonyl (C=O) groups excluding carboxylic acids is 1. The number of carbonyl (C=O) groups is 1. The summed E-state index contributed by atoms with van der Waals surface area (Å²) in [4.78, 5) is 13.0. The van der Waals surface area contributed by atoms with E-state index in [9.17, 15) is 4.79 Å². The van der Waals surface area contributed by atoms with E-state index < -0.39 is 16.1 Å². The Morgan fingerprint density at radius 2 is 0.812 bits per heavy atom. The van der Waals surface area contributed by atoms with Crippen LogP contribution < -0.4 is 0 Å². The van der Waals surface area contributed by atoms with Crippen LogP contribution in [0.5, 0.6) is 0 Å². The molecular weight excluding hydrogens is 228 g/mol. The maximum absolute atomic E-state index is 13.0. The third-order valence-electron chi connectivity index (χ3n) is 5.02. The first kappa shape index (κ1) is 16.1. The lowest BCUT2D eigenvalue weighted by molar-refractivity contribution is 0.271. The molecule has 0 saturated carbocycles. The molecule has 0 aromatic rings. The van der Waals surface area contributed by atoms with Crippen LogP contribution in [0.25, 0.3) is 0 Å². The first-order chi connectivity index (χ1) is 7.52. The lowest BCUT2D eigenvalue weighted by Gasteiger charge is -2.37. The second kappa shape index (κ2) is 6.75. The topological polar surface area (TPSA) is 17.1 Å². The molecule has 0 aliphatic rings. The fourth-order valence-corrected chi connectivity index (χ4v) is 15.6. The predicted molar refractivity (Wildman–Crippen MR) is 79.8 cm³/mol. The molecule has 0 aromatic carbocycles. The van der Waals surface area contributed by atoms with E-state index in [-0.39, 0.29) is 0 Å². The highest BCUT2D eigenvalue weighted by molar-refractivity contribution is 7.33. The van der Waals surface area contributed by atoms with Crippen molar-refractivity contribution in [1.29, 1.82) is 0 Å². The zero-order chi connectivity index (χ0) is 12.8. The van der Waals surface area contributed by atoms with Crippen LogP contribution in [0.1, 0.15) is 41.5 Å². The highest BCUT2D eigenvalue weighted by Gasteiger charge is 2.47. The normalized spacial score (nSPS) is 12.9. The standard InChI is InChI=1S/C13H30OSi2/c1-7-15(8-2,9-3)13(14)16(10-4,11-5)12-6/h7-12H2,1-6H3. The zero-order valence-corrected chi connectivity index (χ0v) is 14.2. The molecule has 1 nitrogen and oxygen atoms in total. The van der Waals surface area contributed by atoms with Crippen LogP contribution in [0, 0.1) is 0 Å². The van der Waals surface area contributed by atoms with Gasteiger partial charge in [-0.05, 0) is 0 Å². The molecule has 0 radical (unpaired) electrons. The van der Waals surface area contributed by atoms with E-state index in [2.05, 4.69) is 41.5 Å². The van der Waals surface area contributed by atoms with Crippen LogP contribution in [0.2, 0.25) is 36.3 Å². The van der Waals surface area contributed by atoms with Gasteiger partial charge in [0.05, 0.1) is 5.03 Å². The molecule has 0 amide bonds. The van der Waals surface area contributed by atoms with Gasteiger partial charge in [0.1, 0.15) is 16.1 Å². The minimum Gasteiger partial charge on any atom is -0.311 e. The van der Waals surface area contributed by atoms with Gasteiger partial charge in [-0.1, -0.05) is 77.8 Å². The van der Waals surface area contributed by atoms with Crippen LogP contribution in [0.4, 0.5) is 4.79 Å². The van der Waals surface area contributed by atoms with E-state index in [0.29, 0.717) is 0 Å². The van der Waals surface area contributed by atoms with Crippen molar-refractivity contribution in [2.75, 3.05) is 0 Å². The maximum atomic E-state index is 13.0. The van der Waals surface area contributed by atoms with E-state index in [1.807, 2.05) is 0 Å². The molecule has 0 rings (SSSR count). The molecule has 0 N–H and O–H groups in total. The average molecular weight is 259 g/mol. The van der Waals surface area contributed by atoms with Crippen molar-refractivity contribution < 1.29 is 4.79 Å². The second-order valence-electron chi connectivity index (χ2n) is 5.01. The van der Waals surface area contributed by atoms with Crippen molar-refractivity contribution in [3.05, 3.63) is 0 Å². The van der Waals surface area contributed by atoms with Crippen molar-refractivity contribution >= 4 is 21.2 Å². The SMILES string of the molecule is CC[Si](CC)(CC)C(=O)[Si](CC)(CC)CC. The molecule has 3 heteroatoms. The third-order valence-corrected chi connectivity index (χ3v) is 18.3. The molecule has 0 aliphatic carbocycles. The summed E-state index contributed by atoms with van der Waals surface area (Å²) in [6, 6.07) is 6.96. The van der Waals surface area contributed by atoms with Gasteiger partial charge in [0.2, 0.25) is 0 Å². The van der Waals surface area contributed by atoms with Gasteiger partial charge >= 0.3 is 0 Å². The summed E-state index contributed by atoms with van der Waals surface area (Å²) in [5.41, 5.74) is 0. The van der Waals surface area contributed by atoms with Crippen molar-refractivity contribution in [2.24, 2.45) is 0 Å². The van der Waals surface area contributed by atoms with Gasteiger partial charge in [-0.2, -0.15) is 0 Å². The highest BCUT2D eigenvalue weighted by Crippen LogP contribution is 2.32. The Kier molecular flexibility index (Phi) is 6.79. The quantitative estimate of drug-likeness (QED) is 0.541. The molecule has 0 aromatic heterocycles. The van der Waals surface area contributed by atoms with Crippen LogP contribution in [-0.4, -0.2) is 21.2 Å². The summed E-state index contributed by atoms with van der Waals surface area (Å²) in [7, 11) is -3.19. The Labute approximate surface area is 104 Å². The Balaban J connectivity index is 5.26. The summed E-state index contributed by atoms with van der Waals surface area (Å²) < 4.78 is 0. The molecule has 0 heterocycles. The molecule has 96 valence electrons. The Morgan fingerprint density at radius 3 is 0.938 bits per heavy atom. The van der Waals surface area contributed by atoms with E-state index in [1.54, 1.807) is 0 Å². The molecule has 0 spiro atoms. The smallest absolute Gasteiger partial charge is 0.125 e. The fraction of sp³-hybridized carbons (Fsp3) is 0.923. The average Bonchev–Trinajstić information content (AvgIpc) is 2.35. The molecular formula is C13H30OSi2. The zero-order valence-electron chi connectivity index (χ0n) is 12.2. The molecule has 0 atom stereocenters. The first-order valence-electron chi connectivity index (χ1n) is 7.07. The second-order valence-corrected chi connectivity index (χ2v) is 15.8. The summed E-state index contributed by atoms with van der Waals surface area (Å²) in [5, 5.41) is 0.806. The maximum Gasteiger partial charge on any atom is 0.125 e. The third kappa shape index (κ3) is 2.67. The Hall–Kier alpha value is 0.104. The van der Waals surface area contributed by atoms with E-state index in [4.69, 9.17) is 0 Å². The number of hydrogen-bond acceptors (Lipinski definition) is 1. The number of rotatable bonds is 8. The van der Waals surface area contributed by atoms with Gasteiger partial charge in [-0.3, -0.25) is 0 Å². The van der Waals surface area contributed by atoms with Crippen LogP contribution in [0.3, 0.4) is 0 Å². The Bertz CT molecular complexity index is 179. The fourth-order valence-electron chi connectivity index (χ4n) is 3.03. The van der Waals surface area contributed by atoms with Crippen molar-refractivity contribution in [3.63, 3.8) is 0 Å². The van der Waals surface area contributed by atoms with Gasteiger partial charge < -0.3 is 4.79 Å². The predicted octanol–water partition coefficient (Wildman–Crippen LogP) is 5.29. The lowest BCUT2D eigenvalue weighted by Crippen LogP contribution is -2.56. The van der Waals surface area contributed by atoms with Crippen LogP contribution >= 0.6 is 0 Å². The molecule has 0 fully saturated rings. The highest BCUT2D eigenvalue weighted by atomic mass is 28.4. The molecule has 0 unspecified atom stereocenters. The molecule has 0 bridgehead atoms. The largest absolute Gasteiger partial charge is 0.311 e. The minimum atomic E-state index is -1.60. The van der Waals surface area contributed by atoms with Crippen molar-refractivity contribution in [3.8, 4) is 0 Å². The van der Waals surface area contributed by atoms with E-state index in [1.165, 1.54) is 0 Å². The monoisotopic (exact) mass is 258 g/mol. The van der Waals surface area contributed by atoms with Gasteiger partial charge in [0.25, 0.3) is 0 Å². The summed E-state index contributed by atoms with van der Waals surface area (Å²) >= 11 is 0. The van der Waals surface area contributed by atoms with E-state index >= 15 is 0 Å². The van der Waals surface area contributed by atoms with Crippen LogP contribution in [-0.2, 0) is 0 Å². The summed E-state index contributed by atoms with van der Waals surface area (Å²) in [5.74, 6) is 0. The van der Waals surface area contributed by atoms with Gasteiger partial charge in [-0.15, -0.1) is 0 Å².